The van der Waals surface area contributed by atoms with Crippen LogP contribution in [0.1, 0.15) is 46.8 Å². The van der Waals surface area contributed by atoms with E-state index < -0.39 is 47.9 Å². The molecule has 3 rings (SSSR count). The number of aliphatic hydroxyl groups is 1. The zero-order valence-corrected chi connectivity index (χ0v) is 18.6. The molecule has 2 aromatic rings. The van der Waals surface area contributed by atoms with Gasteiger partial charge < -0.3 is 25.0 Å². The fraction of sp³-hybridized carbons (Fsp3) is 0.455. The molecule has 2 atom stereocenters. The Morgan fingerprint density at radius 3 is 2.47 bits per heavy atom. The highest BCUT2D eigenvalue weighted by molar-refractivity contribution is 6.05. The summed E-state index contributed by atoms with van der Waals surface area (Å²) >= 11 is 0. The van der Waals surface area contributed by atoms with Crippen LogP contribution in [0.3, 0.4) is 0 Å². The number of alkyl halides is 3. The standard InChI is InChI=1S/C22H24F5N3O4/c1-11-16(18(34-3)20(33)29-21(2,10-31)22(25,26)27)15-5-4-8-30(15)17(11)19(32)28-12-6-7-13(23)14(24)9-12/h6-7,9,18,31H,4-5,8,10H2,1-3H3,(H,28,32)(H,29,33). The number of fused-ring (bicyclic) bond motifs is 1. The van der Waals surface area contributed by atoms with E-state index in [4.69, 9.17) is 4.74 Å². The molecule has 0 radical (unpaired) electrons. The number of methoxy groups -OCH3 is 1. The number of ether oxygens (including phenoxy) is 1. The van der Waals surface area contributed by atoms with Crippen LogP contribution < -0.4 is 10.6 Å². The maximum absolute atomic E-state index is 13.5. The summed E-state index contributed by atoms with van der Waals surface area (Å²) in [5, 5.41) is 13.6. The van der Waals surface area contributed by atoms with Crippen LogP contribution in [-0.4, -0.2) is 46.9 Å². The van der Waals surface area contributed by atoms with Crippen LogP contribution in [0.15, 0.2) is 18.2 Å². The highest BCUT2D eigenvalue weighted by atomic mass is 19.4. The van der Waals surface area contributed by atoms with Gasteiger partial charge in [0.1, 0.15) is 5.69 Å². The first-order valence-electron chi connectivity index (χ1n) is 10.3. The quantitative estimate of drug-likeness (QED) is 0.520. The van der Waals surface area contributed by atoms with E-state index in [9.17, 15) is 36.6 Å². The van der Waals surface area contributed by atoms with Crippen LogP contribution in [0.4, 0.5) is 27.6 Å². The smallest absolute Gasteiger partial charge is 0.394 e. The second-order valence-electron chi connectivity index (χ2n) is 8.27. The fourth-order valence-electron chi connectivity index (χ4n) is 4.05. The van der Waals surface area contributed by atoms with Crippen molar-refractivity contribution < 1.29 is 41.4 Å². The number of hydrogen-bond acceptors (Lipinski definition) is 4. The van der Waals surface area contributed by atoms with Crippen LogP contribution in [0.5, 0.6) is 0 Å². The zero-order chi connectivity index (χ0) is 25.4. The first-order chi connectivity index (χ1) is 15.8. The highest BCUT2D eigenvalue weighted by Gasteiger charge is 2.53. The Labute approximate surface area is 191 Å². The van der Waals surface area contributed by atoms with Gasteiger partial charge >= 0.3 is 6.18 Å². The highest BCUT2D eigenvalue weighted by Crippen LogP contribution is 2.36. The molecular weight excluding hydrogens is 465 g/mol. The Bertz CT molecular complexity index is 1110. The summed E-state index contributed by atoms with van der Waals surface area (Å²) in [7, 11) is 1.15. The van der Waals surface area contributed by atoms with Gasteiger partial charge in [0, 0.05) is 36.7 Å². The van der Waals surface area contributed by atoms with Gasteiger partial charge in [-0.25, -0.2) is 8.78 Å². The maximum atomic E-state index is 13.5. The number of aliphatic hydroxyl groups excluding tert-OH is 1. The summed E-state index contributed by atoms with van der Waals surface area (Å²) in [5.74, 6) is -4.03. The van der Waals surface area contributed by atoms with Crippen LogP contribution in [0, 0.1) is 18.6 Å². The number of benzene rings is 1. The van der Waals surface area contributed by atoms with Crippen molar-refractivity contribution in [2.45, 2.75) is 51.1 Å². The van der Waals surface area contributed by atoms with Gasteiger partial charge in [-0.3, -0.25) is 9.59 Å². The molecule has 3 N–H and O–H groups in total. The minimum atomic E-state index is -4.93. The number of carbonyl (C=O) groups excluding carboxylic acids is 2. The van der Waals surface area contributed by atoms with E-state index in [-0.39, 0.29) is 16.9 Å². The molecule has 0 bridgehead atoms. The molecule has 34 heavy (non-hydrogen) atoms. The summed E-state index contributed by atoms with van der Waals surface area (Å²) < 4.78 is 73.8. The average molecular weight is 489 g/mol. The molecule has 1 aromatic heterocycles. The van der Waals surface area contributed by atoms with Crippen molar-refractivity contribution in [3.63, 3.8) is 0 Å². The van der Waals surface area contributed by atoms with Crippen molar-refractivity contribution >= 4 is 17.5 Å². The number of anilines is 1. The third-order valence-electron chi connectivity index (χ3n) is 5.93. The van der Waals surface area contributed by atoms with Gasteiger partial charge in [0.15, 0.2) is 23.3 Å². The number of amides is 2. The maximum Gasteiger partial charge on any atom is 0.413 e. The van der Waals surface area contributed by atoms with Crippen molar-refractivity contribution in [2.75, 3.05) is 19.0 Å². The normalized spacial score (nSPS) is 16.0. The molecule has 186 valence electrons. The summed E-state index contributed by atoms with van der Waals surface area (Å²) in [6.45, 7) is 1.20. The molecule has 0 fully saturated rings. The summed E-state index contributed by atoms with van der Waals surface area (Å²) in [4.78, 5) is 25.9. The lowest BCUT2D eigenvalue weighted by Gasteiger charge is -2.32. The van der Waals surface area contributed by atoms with E-state index >= 15 is 0 Å². The van der Waals surface area contributed by atoms with Crippen molar-refractivity contribution in [2.24, 2.45) is 0 Å². The SMILES string of the molecule is COC(C(=O)NC(C)(CO)C(F)(F)F)c1c(C)c(C(=O)Nc2ccc(F)c(F)c2)n2c1CCC2. The molecule has 1 aromatic carbocycles. The minimum Gasteiger partial charge on any atom is -0.394 e. The van der Waals surface area contributed by atoms with Gasteiger partial charge in [-0.15, -0.1) is 0 Å². The molecule has 0 saturated carbocycles. The van der Waals surface area contributed by atoms with Gasteiger partial charge in [-0.1, -0.05) is 0 Å². The average Bonchev–Trinajstić information content (AvgIpc) is 3.31. The van der Waals surface area contributed by atoms with Crippen molar-refractivity contribution in [1.29, 1.82) is 0 Å². The predicted octanol–water partition coefficient (Wildman–Crippen LogP) is 3.39. The second-order valence-corrected chi connectivity index (χ2v) is 8.27. The Morgan fingerprint density at radius 2 is 1.91 bits per heavy atom. The molecule has 0 saturated heterocycles. The number of nitrogens with one attached hydrogen (secondary N) is 2. The lowest BCUT2D eigenvalue weighted by molar-refractivity contribution is -0.204. The van der Waals surface area contributed by atoms with E-state index in [1.54, 1.807) is 4.57 Å². The molecule has 2 amide bonds. The van der Waals surface area contributed by atoms with Crippen LogP contribution in [0.2, 0.25) is 0 Å². The number of rotatable bonds is 7. The third kappa shape index (κ3) is 4.51. The summed E-state index contributed by atoms with van der Waals surface area (Å²) in [5.41, 5.74) is -1.67. The van der Waals surface area contributed by atoms with E-state index in [0.717, 1.165) is 19.2 Å². The summed E-state index contributed by atoms with van der Waals surface area (Å²) in [6, 6.07) is 2.85. The number of nitrogens with zero attached hydrogens (tertiary/aromatic N) is 1. The lowest BCUT2D eigenvalue weighted by atomic mass is 9.98. The Morgan fingerprint density at radius 1 is 1.24 bits per heavy atom. The molecule has 0 spiro atoms. The van der Waals surface area contributed by atoms with Gasteiger partial charge in [-0.2, -0.15) is 13.2 Å². The number of aromatic nitrogens is 1. The van der Waals surface area contributed by atoms with E-state index in [2.05, 4.69) is 5.32 Å². The van der Waals surface area contributed by atoms with Gasteiger partial charge in [0.2, 0.25) is 0 Å². The van der Waals surface area contributed by atoms with Crippen LogP contribution in [0.25, 0.3) is 0 Å². The second kappa shape index (κ2) is 9.34. The number of halogens is 5. The monoisotopic (exact) mass is 489 g/mol. The molecule has 2 heterocycles. The van der Waals surface area contributed by atoms with Crippen LogP contribution in [-0.2, 0) is 22.5 Å². The fourth-order valence-corrected chi connectivity index (χ4v) is 4.05. The number of hydrogen-bond donors (Lipinski definition) is 3. The number of carbonyl (C=O) groups is 2. The Kier molecular flexibility index (Phi) is 7.04. The molecule has 12 heteroatoms. The Balaban J connectivity index is 1.98. The molecular formula is C22H24F5N3O4. The first kappa shape index (κ1) is 25.6. The Hall–Kier alpha value is -2.99. The van der Waals surface area contributed by atoms with Gasteiger partial charge in [0.05, 0.1) is 6.61 Å². The van der Waals surface area contributed by atoms with E-state index in [1.807, 2.05) is 5.32 Å². The molecule has 0 aliphatic carbocycles. The van der Waals surface area contributed by atoms with E-state index in [1.165, 1.54) is 13.0 Å². The largest absolute Gasteiger partial charge is 0.413 e. The molecule has 2 unspecified atom stereocenters. The third-order valence-corrected chi connectivity index (χ3v) is 5.93. The lowest BCUT2D eigenvalue weighted by Crippen LogP contribution is -2.60. The topological polar surface area (TPSA) is 92.6 Å². The van der Waals surface area contributed by atoms with Crippen molar-refractivity contribution in [3.05, 3.63) is 52.3 Å². The molecule has 1 aliphatic rings. The van der Waals surface area contributed by atoms with Gasteiger partial charge in [-0.05, 0) is 44.4 Å². The molecule has 7 nitrogen and oxygen atoms in total. The van der Waals surface area contributed by atoms with Crippen molar-refractivity contribution in [1.82, 2.24) is 9.88 Å². The van der Waals surface area contributed by atoms with Crippen molar-refractivity contribution in [3.8, 4) is 0 Å². The van der Waals surface area contributed by atoms with E-state index in [0.29, 0.717) is 37.6 Å². The zero-order valence-electron chi connectivity index (χ0n) is 18.6. The minimum absolute atomic E-state index is 0.00308. The predicted molar refractivity (Wildman–Crippen MR) is 111 cm³/mol. The van der Waals surface area contributed by atoms with Crippen LogP contribution >= 0.6 is 0 Å². The summed E-state index contributed by atoms with van der Waals surface area (Å²) in [6.07, 6.45) is -5.36. The molecule has 1 aliphatic heterocycles. The first-order valence-corrected chi connectivity index (χ1v) is 10.3. The van der Waals surface area contributed by atoms with Gasteiger partial charge in [0.25, 0.3) is 11.8 Å².